The first kappa shape index (κ1) is 20.7. The van der Waals surface area contributed by atoms with E-state index >= 15 is 0 Å². The molecule has 4 rings (SSSR count). The molecule has 0 amide bonds. The van der Waals surface area contributed by atoms with Crippen molar-refractivity contribution in [3.05, 3.63) is 23.3 Å². The SMILES string of the molecule is COC(=O)CC1Cc2cc3c(cc2C[C@@]2(C(=O)OC)CCC(=O)[C@@H]1C2(C)C)OCO3. The van der Waals surface area contributed by atoms with E-state index in [1.54, 1.807) is 0 Å². The van der Waals surface area contributed by atoms with Gasteiger partial charge < -0.3 is 18.9 Å². The molecule has 1 fully saturated rings. The van der Waals surface area contributed by atoms with E-state index in [9.17, 15) is 14.4 Å². The van der Waals surface area contributed by atoms with Crippen molar-refractivity contribution in [1.29, 1.82) is 0 Å². The van der Waals surface area contributed by atoms with Crippen molar-refractivity contribution in [3.8, 4) is 11.5 Å². The fourth-order valence-corrected chi connectivity index (χ4v) is 5.91. The van der Waals surface area contributed by atoms with Gasteiger partial charge in [0, 0.05) is 18.8 Å². The Bertz CT molecular complexity index is 903. The number of hydrogen-bond acceptors (Lipinski definition) is 7. The molecule has 0 aromatic heterocycles. The van der Waals surface area contributed by atoms with E-state index in [2.05, 4.69) is 0 Å². The standard InChI is InChI=1S/C23H28O7/c1-22(2)20-14(10-19(25)27-3)7-13-8-17-18(30-12-29-17)9-15(13)11-23(22,21(26)28-4)6-5-16(20)24/h8-9,14,20H,5-7,10-12H2,1-4H3/t14?,20-,23-/m1/s1. The number of esters is 2. The van der Waals surface area contributed by atoms with Crippen LogP contribution in [0.2, 0.25) is 0 Å². The van der Waals surface area contributed by atoms with E-state index in [4.69, 9.17) is 18.9 Å². The zero-order valence-electron chi connectivity index (χ0n) is 17.9. The normalized spacial score (nSPS) is 28.7. The average molecular weight is 416 g/mol. The van der Waals surface area contributed by atoms with E-state index in [0.717, 1.165) is 11.1 Å². The highest BCUT2D eigenvalue weighted by atomic mass is 16.7. The Morgan fingerprint density at radius 1 is 1.10 bits per heavy atom. The smallest absolute Gasteiger partial charge is 0.312 e. The molecule has 0 saturated heterocycles. The summed E-state index contributed by atoms with van der Waals surface area (Å²) >= 11 is 0. The highest BCUT2D eigenvalue weighted by Crippen LogP contribution is 2.59. The van der Waals surface area contributed by atoms with E-state index < -0.39 is 16.7 Å². The van der Waals surface area contributed by atoms with Crippen molar-refractivity contribution in [2.24, 2.45) is 22.7 Å². The third-order valence-electron chi connectivity index (χ3n) is 7.53. The third-order valence-corrected chi connectivity index (χ3v) is 7.53. The summed E-state index contributed by atoms with van der Waals surface area (Å²) in [6.07, 6.45) is 1.80. The van der Waals surface area contributed by atoms with Crippen molar-refractivity contribution in [2.45, 2.75) is 46.0 Å². The van der Waals surface area contributed by atoms with Gasteiger partial charge in [0.2, 0.25) is 6.79 Å². The fraction of sp³-hybridized carbons (Fsp3) is 0.609. The average Bonchev–Trinajstić information content (AvgIpc) is 3.15. The van der Waals surface area contributed by atoms with Gasteiger partial charge in [-0.15, -0.1) is 0 Å². The van der Waals surface area contributed by atoms with E-state index in [1.807, 2.05) is 26.0 Å². The molecular formula is C23H28O7. The van der Waals surface area contributed by atoms with Gasteiger partial charge in [-0.05, 0) is 53.9 Å². The Balaban J connectivity index is 1.92. The van der Waals surface area contributed by atoms with Crippen LogP contribution in [-0.4, -0.2) is 38.7 Å². The Morgan fingerprint density at radius 2 is 1.77 bits per heavy atom. The van der Waals surface area contributed by atoms with Crippen LogP contribution in [0.4, 0.5) is 0 Å². The summed E-state index contributed by atoms with van der Waals surface area (Å²) in [4.78, 5) is 38.7. The number of fused-ring (bicyclic) bond motifs is 4. The lowest BCUT2D eigenvalue weighted by Gasteiger charge is -2.55. The molecule has 1 heterocycles. The van der Waals surface area contributed by atoms with Crippen LogP contribution in [0.15, 0.2) is 12.1 Å². The molecule has 1 aliphatic heterocycles. The van der Waals surface area contributed by atoms with Crippen LogP contribution in [0.25, 0.3) is 0 Å². The van der Waals surface area contributed by atoms with Crippen LogP contribution in [0.3, 0.4) is 0 Å². The number of carbonyl (C=O) groups is 3. The van der Waals surface area contributed by atoms with Crippen molar-refractivity contribution in [1.82, 2.24) is 0 Å². The Kier molecular flexibility index (Phi) is 5.03. The van der Waals surface area contributed by atoms with Gasteiger partial charge in [0.15, 0.2) is 11.5 Å². The van der Waals surface area contributed by atoms with Gasteiger partial charge in [-0.3, -0.25) is 14.4 Å². The third kappa shape index (κ3) is 2.97. The van der Waals surface area contributed by atoms with Crippen molar-refractivity contribution >= 4 is 17.7 Å². The fourth-order valence-electron chi connectivity index (χ4n) is 5.91. The zero-order chi connectivity index (χ0) is 21.7. The first-order valence-corrected chi connectivity index (χ1v) is 10.3. The predicted octanol–water partition coefficient (Wildman–Crippen LogP) is 2.86. The second kappa shape index (κ2) is 7.29. The maximum absolute atomic E-state index is 13.2. The van der Waals surface area contributed by atoms with Gasteiger partial charge in [-0.2, -0.15) is 0 Å². The monoisotopic (exact) mass is 416 g/mol. The van der Waals surface area contributed by atoms with E-state index in [1.165, 1.54) is 14.2 Å². The van der Waals surface area contributed by atoms with Crippen molar-refractivity contribution < 1.29 is 33.3 Å². The summed E-state index contributed by atoms with van der Waals surface area (Å²) < 4.78 is 21.3. The molecule has 0 radical (unpaired) electrons. The molecule has 7 heteroatoms. The summed E-state index contributed by atoms with van der Waals surface area (Å²) in [7, 11) is 2.74. The van der Waals surface area contributed by atoms with Crippen LogP contribution in [-0.2, 0) is 36.7 Å². The molecule has 162 valence electrons. The summed E-state index contributed by atoms with van der Waals surface area (Å²) in [5.74, 6) is -0.0218. The van der Waals surface area contributed by atoms with Crippen LogP contribution in [0, 0.1) is 22.7 Å². The van der Waals surface area contributed by atoms with Gasteiger partial charge in [0.05, 0.1) is 19.6 Å². The summed E-state index contributed by atoms with van der Waals surface area (Å²) in [5.41, 5.74) is 0.372. The van der Waals surface area contributed by atoms with Gasteiger partial charge >= 0.3 is 11.9 Å². The Hall–Kier alpha value is -2.57. The van der Waals surface area contributed by atoms with Crippen LogP contribution in [0.5, 0.6) is 11.5 Å². The molecule has 1 unspecified atom stereocenters. The quantitative estimate of drug-likeness (QED) is 0.700. The minimum absolute atomic E-state index is 0.0950. The summed E-state index contributed by atoms with van der Waals surface area (Å²) in [6.45, 7) is 4.08. The maximum Gasteiger partial charge on any atom is 0.312 e. The molecule has 7 nitrogen and oxygen atoms in total. The van der Waals surface area contributed by atoms with Gasteiger partial charge in [-0.25, -0.2) is 0 Å². The molecule has 2 bridgehead atoms. The molecule has 30 heavy (non-hydrogen) atoms. The number of ketones is 1. The van der Waals surface area contributed by atoms with E-state index in [-0.39, 0.29) is 36.9 Å². The highest BCUT2D eigenvalue weighted by Gasteiger charge is 2.62. The second-order valence-corrected chi connectivity index (χ2v) is 9.13. The molecule has 1 aromatic carbocycles. The number of methoxy groups -OCH3 is 2. The first-order valence-electron chi connectivity index (χ1n) is 10.3. The molecular weight excluding hydrogens is 388 g/mol. The van der Waals surface area contributed by atoms with E-state index in [0.29, 0.717) is 37.2 Å². The number of carbonyl (C=O) groups excluding carboxylic acids is 3. The topological polar surface area (TPSA) is 88.1 Å². The van der Waals surface area contributed by atoms with Gasteiger partial charge in [0.25, 0.3) is 0 Å². The number of hydrogen-bond donors (Lipinski definition) is 0. The lowest BCUT2D eigenvalue weighted by Crippen LogP contribution is -2.58. The molecule has 3 atom stereocenters. The van der Waals surface area contributed by atoms with Gasteiger partial charge in [0.1, 0.15) is 5.78 Å². The molecule has 1 aromatic rings. The number of benzene rings is 1. The largest absolute Gasteiger partial charge is 0.469 e. The molecule has 1 saturated carbocycles. The van der Waals surface area contributed by atoms with Crippen LogP contribution >= 0.6 is 0 Å². The zero-order valence-corrected chi connectivity index (χ0v) is 17.9. The van der Waals surface area contributed by atoms with Gasteiger partial charge in [-0.1, -0.05) is 13.8 Å². The Labute approximate surface area is 176 Å². The number of ether oxygens (including phenoxy) is 4. The highest BCUT2D eigenvalue weighted by molar-refractivity contribution is 5.89. The van der Waals surface area contributed by atoms with Crippen molar-refractivity contribution in [3.63, 3.8) is 0 Å². The first-order chi connectivity index (χ1) is 14.2. The number of rotatable bonds is 3. The molecule has 3 aliphatic rings. The molecule has 0 N–H and O–H groups in total. The lowest BCUT2D eigenvalue weighted by molar-refractivity contribution is -0.175. The lowest BCUT2D eigenvalue weighted by atomic mass is 9.47. The maximum atomic E-state index is 13.2. The minimum atomic E-state index is -0.877. The number of Topliss-reactive ketones (excluding diaryl/α,β-unsaturated/α-hetero) is 1. The second-order valence-electron chi connectivity index (χ2n) is 9.13. The minimum Gasteiger partial charge on any atom is -0.469 e. The van der Waals surface area contributed by atoms with Crippen LogP contribution < -0.4 is 9.47 Å². The molecule has 2 aliphatic carbocycles. The predicted molar refractivity (Wildman–Crippen MR) is 106 cm³/mol. The van der Waals surface area contributed by atoms with Crippen molar-refractivity contribution in [2.75, 3.05) is 21.0 Å². The Morgan fingerprint density at radius 3 is 2.40 bits per heavy atom. The summed E-state index contributed by atoms with van der Waals surface area (Å²) in [6, 6.07) is 3.86. The van der Waals surface area contributed by atoms with Crippen LogP contribution in [0.1, 0.15) is 44.2 Å². The molecule has 0 spiro atoms. The summed E-state index contributed by atoms with van der Waals surface area (Å²) in [5, 5.41) is 0.